The summed E-state index contributed by atoms with van der Waals surface area (Å²) in [5.74, 6) is 1.79. The van der Waals surface area contributed by atoms with Gasteiger partial charge >= 0.3 is 0 Å². The minimum absolute atomic E-state index is 0.0136. The van der Waals surface area contributed by atoms with E-state index in [-0.39, 0.29) is 23.0 Å². The Bertz CT molecular complexity index is 500. The Labute approximate surface area is 135 Å². The molecule has 0 aromatic heterocycles. The molecule has 0 amide bonds. The third kappa shape index (κ3) is 1.46. The number of aliphatic hydroxyl groups is 2. The van der Waals surface area contributed by atoms with E-state index in [0.29, 0.717) is 29.1 Å². The van der Waals surface area contributed by atoms with Crippen molar-refractivity contribution in [3.63, 3.8) is 0 Å². The third-order valence-corrected chi connectivity index (χ3v) is 9.32. The van der Waals surface area contributed by atoms with Gasteiger partial charge in [-0.25, -0.2) is 0 Å². The zero-order chi connectivity index (χ0) is 16.1. The second-order valence-corrected chi connectivity index (χ2v) is 10.5. The Kier molecular flexibility index (Phi) is 2.89. The Morgan fingerprint density at radius 3 is 2.32 bits per heavy atom. The van der Waals surface area contributed by atoms with E-state index in [0.717, 1.165) is 12.3 Å². The van der Waals surface area contributed by atoms with Gasteiger partial charge in [0.25, 0.3) is 0 Å². The summed E-state index contributed by atoms with van der Waals surface area (Å²) < 4.78 is 0. The molecule has 8 atom stereocenters. The summed E-state index contributed by atoms with van der Waals surface area (Å²) in [6.45, 7) is 12.1. The molecule has 4 aliphatic carbocycles. The Hall–Kier alpha value is -0.0800. The van der Waals surface area contributed by atoms with E-state index < -0.39 is 0 Å². The first-order valence-corrected chi connectivity index (χ1v) is 9.45. The Morgan fingerprint density at radius 1 is 0.955 bits per heavy atom. The predicted octanol–water partition coefficient (Wildman–Crippen LogP) is 4.00. The highest BCUT2D eigenvalue weighted by Crippen LogP contribution is 2.80. The molecule has 4 aliphatic rings. The van der Waals surface area contributed by atoms with Crippen molar-refractivity contribution in [2.45, 2.75) is 85.4 Å². The van der Waals surface area contributed by atoms with E-state index in [1.54, 1.807) is 0 Å². The van der Waals surface area contributed by atoms with E-state index >= 15 is 0 Å². The number of hydrogen-bond donors (Lipinski definition) is 2. The quantitative estimate of drug-likeness (QED) is 0.710. The maximum Gasteiger partial charge on any atom is 0.0624 e. The first kappa shape index (κ1) is 15.4. The van der Waals surface area contributed by atoms with Crippen molar-refractivity contribution in [3.8, 4) is 0 Å². The molecule has 0 heterocycles. The zero-order valence-electron chi connectivity index (χ0n) is 15.0. The fourth-order valence-corrected chi connectivity index (χ4v) is 8.46. The van der Waals surface area contributed by atoms with Crippen LogP contribution >= 0.6 is 0 Å². The summed E-state index contributed by atoms with van der Waals surface area (Å²) in [5.41, 5.74) is 1.00. The molecular weight excluding hydrogens is 272 g/mol. The summed E-state index contributed by atoms with van der Waals surface area (Å²) in [5, 5.41) is 21.6. The van der Waals surface area contributed by atoms with E-state index in [2.05, 4.69) is 34.6 Å². The highest BCUT2D eigenvalue weighted by Gasteiger charge is 2.76. The number of hydrogen-bond acceptors (Lipinski definition) is 2. The van der Waals surface area contributed by atoms with Gasteiger partial charge in [-0.05, 0) is 71.5 Å². The minimum Gasteiger partial charge on any atom is -0.393 e. The van der Waals surface area contributed by atoms with Gasteiger partial charge < -0.3 is 10.2 Å². The van der Waals surface area contributed by atoms with Gasteiger partial charge in [0.05, 0.1) is 12.2 Å². The summed E-state index contributed by atoms with van der Waals surface area (Å²) in [4.78, 5) is 0. The van der Waals surface area contributed by atoms with Crippen LogP contribution in [0.25, 0.3) is 0 Å². The maximum atomic E-state index is 10.9. The smallest absolute Gasteiger partial charge is 0.0624 e. The number of aliphatic hydroxyl groups excluding tert-OH is 2. The van der Waals surface area contributed by atoms with Gasteiger partial charge in [-0.3, -0.25) is 0 Å². The van der Waals surface area contributed by atoms with Crippen LogP contribution in [0, 0.1) is 39.4 Å². The van der Waals surface area contributed by atoms with Crippen LogP contribution in [-0.4, -0.2) is 22.4 Å². The van der Waals surface area contributed by atoms with Crippen molar-refractivity contribution in [3.05, 3.63) is 0 Å². The highest BCUT2D eigenvalue weighted by atomic mass is 16.3. The fraction of sp³-hybridized carbons (Fsp3) is 1.00. The van der Waals surface area contributed by atoms with Crippen molar-refractivity contribution in [2.75, 3.05) is 0 Å². The van der Waals surface area contributed by atoms with Crippen molar-refractivity contribution in [2.24, 2.45) is 39.4 Å². The molecule has 4 fully saturated rings. The molecule has 0 saturated heterocycles. The summed E-state index contributed by atoms with van der Waals surface area (Å²) in [7, 11) is 0. The SMILES string of the molecule is C[C@H]1[C@H](O)C[C@@H](O)[C@]2(C)CC[C@H]3C4C(C)(C)CC[C@]4(C)C[C@@]312. The van der Waals surface area contributed by atoms with Crippen LogP contribution < -0.4 is 0 Å². The first-order valence-electron chi connectivity index (χ1n) is 9.45. The van der Waals surface area contributed by atoms with Gasteiger partial charge in [0.1, 0.15) is 0 Å². The molecule has 2 N–H and O–H groups in total. The van der Waals surface area contributed by atoms with Gasteiger partial charge in [-0.2, -0.15) is 0 Å². The first-order chi connectivity index (χ1) is 10.1. The molecule has 0 aromatic carbocycles. The monoisotopic (exact) mass is 306 g/mol. The average molecular weight is 306 g/mol. The molecule has 4 rings (SSSR count). The van der Waals surface area contributed by atoms with Crippen molar-refractivity contribution >= 4 is 0 Å². The van der Waals surface area contributed by atoms with Crippen LogP contribution in [0.15, 0.2) is 0 Å². The van der Waals surface area contributed by atoms with Gasteiger partial charge in [0.15, 0.2) is 0 Å². The van der Waals surface area contributed by atoms with E-state index in [4.69, 9.17) is 0 Å². The molecule has 1 spiro atoms. The van der Waals surface area contributed by atoms with Gasteiger partial charge in [0.2, 0.25) is 0 Å². The van der Waals surface area contributed by atoms with E-state index in [9.17, 15) is 10.2 Å². The molecule has 0 radical (unpaired) electrons. The van der Waals surface area contributed by atoms with E-state index in [1.807, 2.05) is 0 Å². The van der Waals surface area contributed by atoms with Gasteiger partial charge in [-0.15, -0.1) is 0 Å². The maximum absolute atomic E-state index is 10.9. The van der Waals surface area contributed by atoms with Crippen molar-refractivity contribution in [1.82, 2.24) is 0 Å². The Balaban J connectivity index is 1.87. The number of rotatable bonds is 0. The fourth-order valence-electron chi connectivity index (χ4n) is 8.46. The van der Waals surface area contributed by atoms with Crippen LogP contribution in [0.5, 0.6) is 0 Å². The van der Waals surface area contributed by atoms with Crippen LogP contribution in [-0.2, 0) is 0 Å². The lowest BCUT2D eigenvalue weighted by Crippen LogP contribution is -2.58. The van der Waals surface area contributed by atoms with Crippen molar-refractivity contribution in [1.29, 1.82) is 0 Å². The van der Waals surface area contributed by atoms with Gasteiger partial charge in [-0.1, -0.05) is 34.6 Å². The van der Waals surface area contributed by atoms with Crippen molar-refractivity contribution < 1.29 is 10.2 Å². The zero-order valence-corrected chi connectivity index (χ0v) is 15.0. The molecule has 0 aromatic rings. The summed E-state index contributed by atoms with van der Waals surface area (Å²) in [6.07, 6.45) is 6.24. The van der Waals surface area contributed by atoms with E-state index in [1.165, 1.54) is 25.7 Å². The van der Waals surface area contributed by atoms with Gasteiger partial charge in [0, 0.05) is 6.42 Å². The largest absolute Gasteiger partial charge is 0.393 e. The molecule has 2 heteroatoms. The van der Waals surface area contributed by atoms with Crippen LogP contribution in [0.1, 0.15) is 73.1 Å². The topological polar surface area (TPSA) is 40.5 Å². The third-order valence-electron chi connectivity index (χ3n) is 9.32. The molecule has 22 heavy (non-hydrogen) atoms. The summed E-state index contributed by atoms with van der Waals surface area (Å²) in [6, 6.07) is 0. The molecule has 2 nitrogen and oxygen atoms in total. The Morgan fingerprint density at radius 2 is 1.64 bits per heavy atom. The molecule has 0 aliphatic heterocycles. The highest BCUT2D eigenvalue weighted by molar-refractivity contribution is 5.24. The lowest BCUT2D eigenvalue weighted by Gasteiger charge is -2.57. The predicted molar refractivity (Wildman–Crippen MR) is 88.3 cm³/mol. The molecular formula is C20H34O2. The summed E-state index contributed by atoms with van der Waals surface area (Å²) >= 11 is 0. The lowest BCUT2D eigenvalue weighted by molar-refractivity contribution is -0.173. The molecule has 126 valence electrons. The number of fused-ring (bicyclic) bond motifs is 2. The van der Waals surface area contributed by atoms with Crippen LogP contribution in [0.2, 0.25) is 0 Å². The second kappa shape index (κ2) is 4.11. The molecule has 1 unspecified atom stereocenters. The standard InChI is InChI=1S/C20H34O2/c1-12-14(21)10-15(22)19(5)7-6-13-16-17(2,3)8-9-18(16,4)11-20(12,13)19/h12-16,21-22H,6-11H2,1-5H3/t12-,13-,14+,15+,16?,18+,19-,20-/m0/s1. The molecule has 4 saturated carbocycles. The molecule has 0 bridgehead atoms. The minimum atomic E-state index is -0.325. The average Bonchev–Trinajstić information content (AvgIpc) is 2.94. The normalized spacial score (nSPS) is 62.6. The van der Waals surface area contributed by atoms with Crippen LogP contribution in [0.3, 0.4) is 0 Å². The second-order valence-electron chi connectivity index (χ2n) is 10.5. The lowest BCUT2D eigenvalue weighted by atomic mass is 9.49. The van der Waals surface area contributed by atoms with Crippen LogP contribution in [0.4, 0.5) is 0 Å².